The monoisotopic (exact) mass is 239 g/mol. The van der Waals surface area contributed by atoms with E-state index in [-0.39, 0.29) is 11.3 Å². The van der Waals surface area contributed by atoms with Crippen LogP contribution >= 0.6 is 11.6 Å². The van der Waals surface area contributed by atoms with Crippen LogP contribution in [0.5, 0.6) is 5.75 Å². The SMILES string of the molecule is Cc1c(C)c(CC2(N)CC2)c(C)c(Cl)c1O. The molecular weight excluding hydrogens is 222 g/mol. The highest BCUT2D eigenvalue weighted by Gasteiger charge is 2.39. The summed E-state index contributed by atoms with van der Waals surface area (Å²) in [5.41, 5.74) is 10.3. The lowest BCUT2D eigenvalue weighted by atomic mass is 9.92. The molecule has 88 valence electrons. The van der Waals surface area contributed by atoms with E-state index in [9.17, 15) is 5.11 Å². The second-order valence-electron chi connectivity index (χ2n) is 5.06. The normalized spacial score (nSPS) is 17.6. The van der Waals surface area contributed by atoms with E-state index in [1.165, 1.54) is 5.56 Å². The van der Waals surface area contributed by atoms with Crippen molar-refractivity contribution >= 4 is 11.6 Å². The van der Waals surface area contributed by atoms with Crippen molar-refractivity contribution in [1.29, 1.82) is 0 Å². The van der Waals surface area contributed by atoms with Crippen LogP contribution in [0.25, 0.3) is 0 Å². The Labute approximate surface area is 101 Å². The van der Waals surface area contributed by atoms with Crippen molar-refractivity contribution in [3.8, 4) is 5.75 Å². The molecular formula is C13H18ClNO. The number of phenolic OH excluding ortho intramolecular Hbond substituents is 1. The summed E-state index contributed by atoms with van der Waals surface area (Å²) in [5, 5.41) is 10.3. The molecule has 2 rings (SSSR count). The van der Waals surface area contributed by atoms with Crippen molar-refractivity contribution in [3.63, 3.8) is 0 Å². The van der Waals surface area contributed by atoms with E-state index in [2.05, 4.69) is 0 Å². The van der Waals surface area contributed by atoms with Crippen molar-refractivity contribution in [2.75, 3.05) is 0 Å². The summed E-state index contributed by atoms with van der Waals surface area (Å²) >= 11 is 6.12. The standard InChI is InChI=1S/C13H18ClNO/c1-7-8(2)12(16)11(14)9(3)10(7)6-13(15)4-5-13/h16H,4-6,15H2,1-3H3. The molecule has 0 saturated heterocycles. The van der Waals surface area contributed by atoms with Gasteiger partial charge >= 0.3 is 0 Å². The Balaban J connectivity index is 2.51. The zero-order valence-corrected chi connectivity index (χ0v) is 10.8. The first kappa shape index (κ1) is 11.7. The van der Waals surface area contributed by atoms with Crippen molar-refractivity contribution in [2.24, 2.45) is 5.73 Å². The lowest BCUT2D eigenvalue weighted by Crippen LogP contribution is -2.25. The van der Waals surface area contributed by atoms with Gasteiger partial charge in [-0.2, -0.15) is 0 Å². The predicted octanol–water partition coefficient (Wildman–Crippen LogP) is 3.00. The van der Waals surface area contributed by atoms with Gasteiger partial charge in [0.25, 0.3) is 0 Å². The Morgan fingerprint density at radius 2 is 1.75 bits per heavy atom. The summed E-state index contributed by atoms with van der Waals surface area (Å²) in [4.78, 5) is 0. The summed E-state index contributed by atoms with van der Waals surface area (Å²) in [7, 11) is 0. The molecule has 1 saturated carbocycles. The largest absolute Gasteiger partial charge is 0.506 e. The third kappa shape index (κ3) is 1.80. The van der Waals surface area contributed by atoms with Crippen LogP contribution in [-0.4, -0.2) is 10.6 Å². The number of halogens is 1. The minimum Gasteiger partial charge on any atom is -0.506 e. The maximum Gasteiger partial charge on any atom is 0.137 e. The minimum absolute atomic E-state index is 0.0255. The molecule has 0 amide bonds. The summed E-state index contributed by atoms with van der Waals surface area (Å²) in [5.74, 6) is 0.210. The highest BCUT2D eigenvalue weighted by molar-refractivity contribution is 6.33. The van der Waals surface area contributed by atoms with Crippen LogP contribution in [0.2, 0.25) is 5.02 Å². The highest BCUT2D eigenvalue weighted by Crippen LogP contribution is 2.41. The fourth-order valence-electron chi connectivity index (χ4n) is 2.11. The fourth-order valence-corrected chi connectivity index (χ4v) is 2.37. The quantitative estimate of drug-likeness (QED) is 0.834. The van der Waals surface area contributed by atoms with E-state index in [0.717, 1.165) is 36.0 Å². The molecule has 0 atom stereocenters. The predicted molar refractivity (Wildman–Crippen MR) is 67.2 cm³/mol. The van der Waals surface area contributed by atoms with Gasteiger partial charge in [-0.25, -0.2) is 0 Å². The molecule has 0 spiro atoms. The van der Waals surface area contributed by atoms with E-state index in [4.69, 9.17) is 17.3 Å². The molecule has 3 heteroatoms. The number of aromatic hydroxyl groups is 1. The fraction of sp³-hybridized carbons (Fsp3) is 0.538. The zero-order valence-electron chi connectivity index (χ0n) is 10.0. The van der Waals surface area contributed by atoms with Gasteiger partial charge in [-0.05, 0) is 62.3 Å². The van der Waals surface area contributed by atoms with Gasteiger partial charge in [0, 0.05) is 5.54 Å². The van der Waals surface area contributed by atoms with Crippen molar-refractivity contribution in [3.05, 3.63) is 27.3 Å². The van der Waals surface area contributed by atoms with Crippen LogP contribution in [0.4, 0.5) is 0 Å². The Morgan fingerprint density at radius 1 is 1.19 bits per heavy atom. The van der Waals surface area contributed by atoms with Crippen LogP contribution in [0.15, 0.2) is 0 Å². The third-order valence-electron chi connectivity index (χ3n) is 3.78. The minimum atomic E-state index is -0.0255. The molecule has 16 heavy (non-hydrogen) atoms. The number of rotatable bonds is 2. The van der Waals surface area contributed by atoms with Crippen molar-refractivity contribution in [2.45, 2.75) is 45.6 Å². The van der Waals surface area contributed by atoms with Crippen LogP contribution in [0.1, 0.15) is 35.1 Å². The Hall–Kier alpha value is -0.730. The van der Waals surface area contributed by atoms with Crippen LogP contribution in [0.3, 0.4) is 0 Å². The van der Waals surface area contributed by atoms with Crippen molar-refractivity contribution < 1.29 is 5.11 Å². The second kappa shape index (κ2) is 3.64. The molecule has 3 N–H and O–H groups in total. The maximum atomic E-state index is 9.84. The van der Waals surface area contributed by atoms with Gasteiger partial charge in [-0.15, -0.1) is 0 Å². The van der Waals surface area contributed by atoms with Crippen LogP contribution < -0.4 is 5.73 Å². The molecule has 0 aromatic heterocycles. The first-order valence-corrected chi connectivity index (χ1v) is 5.99. The van der Waals surface area contributed by atoms with E-state index in [1.807, 2.05) is 20.8 Å². The third-order valence-corrected chi connectivity index (χ3v) is 4.24. The molecule has 2 nitrogen and oxygen atoms in total. The van der Waals surface area contributed by atoms with Gasteiger partial charge in [0.15, 0.2) is 0 Å². The summed E-state index contributed by atoms with van der Waals surface area (Å²) in [6.45, 7) is 5.88. The molecule has 1 aromatic carbocycles. The van der Waals surface area contributed by atoms with E-state index < -0.39 is 0 Å². The Morgan fingerprint density at radius 3 is 2.25 bits per heavy atom. The Kier molecular flexibility index (Phi) is 2.67. The first-order valence-electron chi connectivity index (χ1n) is 5.62. The lowest BCUT2D eigenvalue weighted by Gasteiger charge is -2.18. The summed E-state index contributed by atoms with van der Waals surface area (Å²) in [6, 6.07) is 0. The van der Waals surface area contributed by atoms with E-state index in [0.29, 0.717) is 5.02 Å². The number of benzene rings is 1. The average molecular weight is 240 g/mol. The van der Waals surface area contributed by atoms with Gasteiger partial charge in [-0.3, -0.25) is 0 Å². The van der Waals surface area contributed by atoms with Gasteiger partial charge in [0.2, 0.25) is 0 Å². The van der Waals surface area contributed by atoms with Gasteiger partial charge in [0.1, 0.15) is 5.75 Å². The number of hydrogen-bond acceptors (Lipinski definition) is 2. The molecule has 0 radical (unpaired) electrons. The van der Waals surface area contributed by atoms with E-state index in [1.54, 1.807) is 0 Å². The molecule has 0 unspecified atom stereocenters. The molecule has 0 heterocycles. The zero-order chi connectivity index (χ0) is 12.1. The maximum absolute atomic E-state index is 9.84. The molecule has 0 aliphatic heterocycles. The van der Waals surface area contributed by atoms with Gasteiger partial charge in [-0.1, -0.05) is 11.6 Å². The molecule has 1 fully saturated rings. The molecule has 1 aliphatic rings. The summed E-state index contributed by atoms with van der Waals surface area (Å²) < 4.78 is 0. The van der Waals surface area contributed by atoms with E-state index >= 15 is 0 Å². The van der Waals surface area contributed by atoms with Crippen LogP contribution in [0, 0.1) is 20.8 Å². The number of hydrogen-bond donors (Lipinski definition) is 2. The molecule has 0 bridgehead atoms. The average Bonchev–Trinajstić information content (AvgIpc) is 2.98. The van der Waals surface area contributed by atoms with Gasteiger partial charge < -0.3 is 10.8 Å². The van der Waals surface area contributed by atoms with Gasteiger partial charge in [0.05, 0.1) is 5.02 Å². The van der Waals surface area contributed by atoms with Crippen molar-refractivity contribution in [1.82, 2.24) is 0 Å². The first-order chi connectivity index (χ1) is 7.36. The smallest absolute Gasteiger partial charge is 0.137 e. The topological polar surface area (TPSA) is 46.2 Å². The summed E-state index contributed by atoms with van der Waals surface area (Å²) in [6.07, 6.45) is 3.04. The van der Waals surface area contributed by atoms with Crippen LogP contribution in [-0.2, 0) is 6.42 Å². The lowest BCUT2D eigenvalue weighted by molar-refractivity contribution is 0.469. The molecule has 1 aromatic rings. The number of phenols is 1. The second-order valence-corrected chi connectivity index (χ2v) is 5.43. The number of nitrogens with two attached hydrogens (primary N) is 1. The Bertz CT molecular complexity index is 421. The highest BCUT2D eigenvalue weighted by atomic mass is 35.5. The molecule has 1 aliphatic carbocycles.